The second-order valence-corrected chi connectivity index (χ2v) is 5.04. The Balaban J connectivity index is 1.95. The maximum absolute atomic E-state index is 3.36. The van der Waals surface area contributed by atoms with Crippen LogP contribution in [0, 0.1) is 17.8 Å². The van der Waals surface area contributed by atoms with Crippen LogP contribution >= 0.6 is 0 Å². The predicted octanol–water partition coefficient (Wildman–Crippen LogP) is 4.74. The van der Waals surface area contributed by atoms with Crippen LogP contribution in [0.15, 0.2) is 36.4 Å². The van der Waals surface area contributed by atoms with Crippen LogP contribution in [-0.4, -0.2) is 0 Å². The lowest BCUT2D eigenvalue weighted by molar-refractivity contribution is 0.645. The molecule has 0 radical (unpaired) electrons. The summed E-state index contributed by atoms with van der Waals surface area (Å²) in [4.78, 5) is 0. The Morgan fingerprint density at radius 1 is 1.22 bits per heavy atom. The van der Waals surface area contributed by atoms with E-state index in [2.05, 4.69) is 55.2 Å². The Morgan fingerprint density at radius 3 is 2.72 bits per heavy atom. The first kappa shape index (κ1) is 13.0. The zero-order valence-electron chi connectivity index (χ0n) is 11.3. The summed E-state index contributed by atoms with van der Waals surface area (Å²) in [6.07, 6.45) is 12.0. The fourth-order valence-corrected chi connectivity index (χ4v) is 2.24. The molecule has 0 saturated heterocycles. The normalized spacial score (nSPS) is 18.2. The van der Waals surface area contributed by atoms with Crippen molar-refractivity contribution in [3.8, 4) is 11.8 Å². The molecule has 0 bridgehead atoms. The van der Waals surface area contributed by atoms with E-state index in [0.717, 1.165) is 5.56 Å². The van der Waals surface area contributed by atoms with Gasteiger partial charge in [-0.3, -0.25) is 0 Å². The fraction of sp³-hybridized carbons (Fsp3) is 0.444. The minimum absolute atomic E-state index is 0.471. The molecule has 0 heterocycles. The molecule has 0 amide bonds. The number of aryl methyl sites for hydroxylation is 1. The summed E-state index contributed by atoms with van der Waals surface area (Å²) in [6.45, 7) is 2.23. The molecule has 2 rings (SSSR count). The maximum atomic E-state index is 3.36. The van der Waals surface area contributed by atoms with Gasteiger partial charge < -0.3 is 0 Å². The second kappa shape index (κ2) is 7.07. The minimum Gasteiger partial charge on any atom is -0.0903 e. The van der Waals surface area contributed by atoms with Crippen molar-refractivity contribution in [2.24, 2.45) is 5.92 Å². The smallest absolute Gasteiger partial charge is 0.0386 e. The molecule has 0 heteroatoms. The van der Waals surface area contributed by atoms with Crippen molar-refractivity contribution in [1.82, 2.24) is 0 Å². The molecular weight excluding hydrogens is 216 g/mol. The third kappa shape index (κ3) is 4.08. The summed E-state index contributed by atoms with van der Waals surface area (Å²) in [5, 5.41) is 0. The molecule has 1 aliphatic carbocycles. The van der Waals surface area contributed by atoms with Gasteiger partial charge in [0.25, 0.3) is 0 Å². The molecule has 0 spiro atoms. The van der Waals surface area contributed by atoms with E-state index in [1.54, 1.807) is 0 Å². The molecule has 0 nitrogen and oxygen atoms in total. The van der Waals surface area contributed by atoms with Crippen LogP contribution in [0.3, 0.4) is 0 Å². The van der Waals surface area contributed by atoms with Crippen LogP contribution in [0.2, 0.25) is 0 Å². The van der Waals surface area contributed by atoms with Crippen molar-refractivity contribution in [3.05, 3.63) is 47.5 Å². The maximum Gasteiger partial charge on any atom is 0.0386 e. The van der Waals surface area contributed by atoms with Crippen molar-refractivity contribution in [2.45, 2.75) is 45.4 Å². The van der Waals surface area contributed by atoms with Gasteiger partial charge in [-0.2, -0.15) is 0 Å². The number of hydrogen-bond acceptors (Lipinski definition) is 0. The van der Waals surface area contributed by atoms with Gasteiger partial charge in [0.05, 0.1) is 0 Å². The Labute approximate surface area is 111 Å². The van der Waals surface area contributed by atoms with Gasteiger partial charge in [-0.1, -0.05) is 49.5 Å². The largest absolute Gasteiger partial charge is 0.0903 e. The highest BCUT2D eigenvalue weighted by Crippen LogP contribution is 2.16. The lowest BCUT2D eigenvalue weighted by atomic mass is 9.96. The Kier molecular flexibility index (Phi) is 5.09. The van der Waals surface area contributed by atoms with Gasteiger partial charge in [0, 0.05) is 11.5 Å². The first-order chi connectivity index (χ1) is 8.88. The summed E-state index contributed by atoms with van der Waals surface area (Å²) in [7, 11) is 0. The monoisotopic (exact) mass is 238 g/mol. The van der Waals surface area contributed by atoms with Crippen LogP contribution in [0.4, 0.5) is 0 Å². The topological polar surface area (TPSA) is 0 Å². The molecule has 0 aromatic heterocycles. The van der Waals surface area contributed by atoms with Crippen molar-refractivity contribution >= 4 is 0 Å². The molecule has 94 valence electrons. The molecule has 0 unspecified atom stereocenters. The van der Waals surface area contributed by atoms with E-state index in [9.17, 15) is 0 Å². The van der Waals surface area contributed by atoms with E-state index in [-0.39, 0.29) is 0 Å². The summed E-state index contributed by atoms with van der Waals surface area (Å²) in [5.74, 6) is 7.13. The van der Waals surface area contributed by atoms with Gasteiger partial charge in [-0.25, -0.2) is 0 Å². The number of unbranched alkanes of at least 4 members (excludes halogenated alkanes) is 1. The van der Waals surface area contributed by atoms with Crippen molar-refractivity contribution in [3.63, 3.8) is 0 Å². The number of rotatable bonds is 3. The van der Waals surface area contributed by atoms with Crippen LogP contribution < -0.4 is 0 Å². The molecule has 1 atom stereocenters. The van der Waals surface area contributed by atoms with Gasteiger partial charge in [0.2, 0.25) is 0 Å². The number of hydrogen-bond donors (Lipinski definition) is 0. The third-order valence-corrected chi connectivity index (χ3v) is 3.43. The predicted molar refractivity (Wildman–Crippen MR) is 78.4 cm³/mol. The van der Waals surface area contributed by atoms with Gasteiger partial charge in [0.1, 0.15) is 0 Å². The van der Waals surface area contributed by atoms with Crippen LogP contribution in [0.5, 0.6) is 0 Å². The quantitative estimate of drug-likeness (QED) is 0.527. The average Bonchev–Trinajstić information content (AvgIpc) is 2.45. The highest BCUT2D eigenvalue weighted by Gasteiger charge is 2.03. The average molecular weight is 238 g/mol. The van der Waals surface area contributed by atoms with E-state index >= 15 is 0 Å². The van der Waals surface area contributed by atoms with Gasteiger partial charge in [-0.15, -0.1) is 0 Å². The summed E-state index contributed by atoms with van der Waals surface area (Å²) in [6, 6.07) is 8.75. The molecular formula is C18H22. The first-order valence-electron chi connectivity index (χ1n) is 7.15. The Bertz CT molecular complexity index is 439. The van der Waals surface area contributed by atoms with E-state index in [0.29, 0.717) is 5.92 Å². The van der Waals surface area contributed by atoms with E-state index < -0.39 is 0 Å². The van der Waals surface area contributed by atoms with E-state index in [1.165, 1.54) is 44.1 Å². The SMILES string of the molecule is CCCCc1ccc(C#C[C@@H]2C=CCCC2)cc1. The van der Waals surface area contributed by atoms with Crippen molar-refractivity contribution in [2.75, 3.05) is 0 Å². The fourth-order valence-electron chi connectivity index (χ4n) is 2.24. The van der Waals surface area contributed by atoms with E-state index in [4.69, 9.17) is 0 Å². The molecule has 1 aromatic rings. The van der Waals surface area contributed by atoms with Crippen LogP contribution in [0.25, 0.3) is 0 Å². The summed E-state index contributed by atoms with van der Waals surface area (Å²) in [5.41, 5.74) is 2.58. The summed E-state index contributed by atoms with van der Waals surface area (Å²) < 4.78 is 0. The van der Waals surface area contributed by atoms with E-state index in [1.807, 2.05) is 0 Å². The molecule has 18 heavy (non-hydrogen) atoms. The zero-order chi connectivity index (χ0) is 12.6. The third-order valence-electron chi connectivity index (χ3n) is 3.43. The molecule has 0 N–H and O–H groups in total. The van der Waals surface area contributed by atoms with Gasteiger partial charge >= 0.3 is 0 Å². The Morgan fingerprint density at radius 2 is 2.06 bits per heavy atom. The lowest BCUT2D eigenvalue weighted by Crippen LogP contribution is -1.96. The second-order valence-electron chi connectivity index (χ2n) is 5.04. The number of benzene rings is 1. The van der Waals surface area contributed by atoms with Gasteiger partial charge in [0.15, 0.2) is 0 Å². The van der Waals surface area contributed by atoms with Crippen LogP contribution in [-0.2, 0) is 6.42 Å². The minimum atomic E-state index is 0.471. The molecule has 0 aliphatic heterocycles. The highest BCUT2D eigenvalue weighted by atomic mass is 14.1. The molecule has 0 saturated carbocycles. The lowest BCUT2D eigenvalue weighted by Gasteiger charge is -2.08. The summed E-state index contributed by atoms with van der Waals surface area (Å²) >= 11 is 0. The standard InChI is InChI=1S/C18H22/c1-2-3-7-17-11-14-18(15-12-17)13-10-16-8-5-4-6-9-16/h5,8,11-12,14-16H,2-4,6-7,9H2,1H3/t16-/m1/s1. The van der Waals surface area contributed by atoms with Crippen LogP contribution in [0.1, 0.15) is 50.2 Å². The van der Waals surface area contributed by atoms with Crippen molar-refractivity contribution in [1.29, 1.82) is 0 Å². The number of allylic oxidation sites excluding steroid dienone is 2. The molecule has 1 aliphatic rings. The first-order valence-corrected chi connectivity index (χ1v) is 7.15. The van der Waals surface area contributed by atoms with Gasteiger partial charge in [-0.05, 0) is 49.8 Å². The Hall–Kier alpha value is -1.48. The van der Waals surface area contributed by atoms with Crippen molar-refractivity contribution < 1.29 is 0 Å². The zero-order valence-corrected chi connectivity index (χ0v) is 11.3. The molecule has 0 fully saturated rings. The molecule has 1 aromatic carbocycles. The highest BCUT2D eigenvalue weighted by molar-refractivity contribution is 5.37.